The Hall–Kier alpha value is -3.13. The molecule has 1 aromatic heterocycles. The van der Waals surface area contributed by atoms with Gasteiger partial charge < -0.3 is 25.3 Å². The van der Waals surface area contributed by atoms with Crippen LogP contribution in [0, 0.1) is 5.92 Å². The van der Waals surface area contributed by atoms with Gasteiger partial charge in [-0.05, 0) is 62.0 Å². The molecule has 8 heteroatoms. The highest BCUT2D eigenvalue weighted by Crippen LogP contribution is 2.15. The van der Waals surface area contributed by atoms with Gasteiger partial charge in [0, 0.05) is 19.8 Å². The second-order valence-electron chi connectivity index (χ2n) is 7.74. The molecule has 2 aromatic rings. The topological polar surface area (TPSA) is 101 Å². The van der Waals surface area contributed by atoms with E-state index in [-0.39, 0.29) is 23.6 Å². The van der Waals surface area contributed by atoms with Gasteiger partial charge in [0.25, 0.3) is 17.4 Å². The lowest BCUT2D eigenvalue weighted by atomic mass is 9.95. The standard InChI is InChI=1S/C23H30N4O4/c1-24-22(29)20-13-18(21(28)26-11-8-16-6-9-25-10-7-16)15-27(23(20)30)14-17-4-3-5-19(12-17)31-2/h3-5,12-13,15-16,25H,6-11,14H2,1-2H3,(H,24,29)(H,26,28). The van der Waals surface area contributed by atoms with Gasteiger partial charge in [0.2, 0.25) is 0 Å². The number of ether oxygens (including phenoxy) is 1. The van der Waals surface area contributed by atoms with E-state index in [4.69, 9.17) is 4.74 Å². The third kappa shape index (κ3) is 5.95. The molecule has 1 aromatic carbocycles. The molecule has 0 unspecified atom stereocenters. The number of hydrogen-bond donors (Lipinski definition) is 3. The van der Waals surface area contributed by atoms with Crippen LogP contribution in [0.3, 0.4) is 0 Å². The van der Waals surface area contributed by atoms with Crippen LogP contribution in [0.1, 0.15) is 45.5 Å². The van der Waals surface area contributed by atoms with E-state index < -0.39 is 11.5 Å². The van der Waals surface area contributed by atoms with Gasteiger partial charge >= 0.3 is 0 Å². The fourth-order valence-corrected chi connectivity index (χ4v) is 3.80. The predicted molar refractivity (Wildman–Crippen MR) is 119 cm³/mol. The summed E-state index contributed by atoms with van der Waals surface area (Å²) in [4.78, 5) is 37.9. The minimum atomic E-state index is -0.520. The molecule has 3 N–H and O–H groups in total. The molecule has 1 aliphatic heterocycles. The second kappa shape index (κ2) is 10.8. The number of hydrogen-bond acceptors (Lipinski definition) is 5. The van der Waals surface area contributed by atoms with Gasteiger partial charge in [-0.15, -0.1) is 0 Å². The van der Waals surface area contributed by atoms with Crippen molar-refractivity contribution < 1.29 is 14.3 Å². The van der Waals surface area contributed by atoms with Crippen LogP contribution in [0.25, 0.3) is 0 Å². The van der Waals surface area contributed by atoms with Crippen molar-refractivity contribution in [3.05, 3.63) is 63.6 Å². The summed E-state index contributed by atoms with van der Waals surface area (Å²) in [5.74, 6) is 0.459. The number of methoxy groups -OCH3 is 1. The van der Waals surface area contributed by atoms with E-state index in [0.717, 1.165) is 37.9 Å². The van der Waals surface area contributed by atoms with Crippen molar-refractivity contribution in [3.8, 4) is 5.75 Å². The summed E-state index contributed by atoms with van der Waals surface area (Å²) in [6.07, 6.45) is 4.65. The molecule has 31 heavy (non-hydrogen) atoms. The van der Waals surface area contributed by atoms with E-state index in [1.54, 1.807) is 7.11 Å². The van der Waals surface area contributed by atoms with Crippen LogP contribution in [0.5, 0.6) is 5.75 Å². The summed E-state index contributed by atoms with van der Waals surface area (Å²) in [5.41, 5.74) is 0.601. The van der Waals surface area contributed by atoms with Gasteiger partial charge in [-0.3, -0.25) is 14.4 Å². The number of amides is 2. The molecule has 3 rings (SSSR count). The highest BCUT2D eigenvalue weighted by atomic mass is 16.5. The van der Waals surface area contributed by atoms with Gasteiger partial charge in [0.15, 0.2) is 0 Å². The predicted octanol–water partition coefficient (Wildman–Crippen LogP) is 1.38. The maximum absolute atomic E-state index is 12.9. The van der Waals surface area contributed by atoms with E-state index in [9.17, 15) is 14.4 Å². The number of carbonyl (C=O) groups is 2. The van der Waals surface area contributed by atoms with Crippen molar-refractivity contribution in [3.63, 3.8) is 0 Å². The smallest absolute Gasteiger partial charge is 0.263 e. The zero-order chi connectivity index (χ0) is 22.2. The molecule has 0 bridgehead atoms. The van der Waals surface area contributed by atoms with Crippen molar-refractivity contribution in [1.29, 1.82) is 0 Å². The average molecular weight is 427 g/mol. The van der Waals surface area contributed by atoms with Crippen LogP contribution in [0.2, 0.25) is 0 Å². The Morgan fingerprint density at radius 3 is 2.68 bits per heavy atom. The number of benzene rings is 1. The Kier molecular flexibility index (Phi) is 7.83. The molecule has 0 atom stereocenters. The Morgan fingerprint density at radius 1 is 1.19 bits per heavy atom. The van der Waals surface area contributed by atoms with E-state index in [1.807, 2.05) is 24.3 Å². The van der Waals surface area contributed by atoms with Crippen molar-refractivity contribution in [2.45, 2.75) is 25.8 Å². The lowest BCUT2D eigenvalue weighted by molar-refractivity contribution is 0.0949. The summed E-state index contributed by atoms with van der Waals surface area (Å²) in [5, 5.41) is 8.74. The van der Waals surface area contributed by atoms with Crippen LogP contribution < -0.4 is 26.2 Å². The number of nitrogens with zero attached hydrogens (tertiary/aromatic N) is 1. The minimum absolute atomic E-state index is 0.0589. The summed E-state index contributed by atoms with van der Waals surface area (Å²) in [6, 6.07) is 8.69. The van der Waals surface area contributed by atoms with Crippen molar-refractivity contribution in [2.24, 2.45) is 5.92 Å². The first-order valence-electron chi connectivity index (χ1n) is 10.6. The van der Waals surface area contributed by atoms with Crippen LogP contribution in [-0.4, -0.2) is 50.2 Å². The maximum Gasteiger partial charge on any atom is 0.263 e. The van der Waals surface area contributed by atoms with E-state index in [0.29, 0.717) is 18.2 Å². The van der Waals surface area contributed by atoms with Gasteiger partial charge in [-0.2, -0.15) is 0 Å². The zero-order valence-corrected chi connectivity index (χ0v) is 18.1. The number of rotatable bonds is 8. The fourth-order valence-electron chi connectivity index (χ4n) is 3.80. The fraction of sp³-hybridized carbons (Fsp3) is 0.435. The summed E-state index contributed by atoms with van der Waals surface area (Å²) in [6.45, 7) is 2.82. The Morgan fingerprint density at radius 2 is 1.97 bits per heavy atom. The number of piperidine rings is 1. The van der Waals surface area contributed by atoms with Crippen LogP contribution in [0.4, 0.5) is 0 Å². The molecule has 0 radical (unpaired) electrons. The SMILES string of the molecule is CNC(=O)c1cc(C(=O)NCCC2CCNCC2)cn(Cc2cccc(OC)c2)c1=O. The van der Waals surface area contributed by atoms with Gasteiger partial charge in [0.05, 0.1) is 19.2 Å². The second-order valence-corrected chi connectivity index (χ2v) is 7.74. The zero-order valence-electron chi connectivity index (χ0n) is 18.1. The largest absolute Gasteiger partial charge is 0.497 e. The monoisotopic (exact) mass is 426 g/mol. The van der Waals surface area contributed by atoms with E-state index in [2.05, 4.69) is 16.0 Å². The average Bonchev–Trinajstić information content (AvgIpc) is 2.80. The molecule has 2 amide bonds. The molecule has 1 saturated heterocycles. The van der Waals surface area contributed by atoms with E-state index >= 15 is 0 Å². The first-order valence-corrected chi connectivity index (χ1v) is 10.6. The maximum atomic E-state index is 12.9. The molecular weight excluding hydrogens is 396 g/mol. The molecule has 1 aliphatic rings. The molecule has 8 nitrogen and oxygen atoms in total. The van der Waals surface area contributed by atoms with Gasteiger partial charge in [-0.1, -0.05) is 12.1 Å². The number of carbonyl (C=O) groups excluding carboxylic acids is 2. The number of nitrogens with one attached hydrogen (secondary N) is 3. The third-order valence-electron chi connectivity index (χ3n) is 5.60. The molecule has 0 spiro atoms. The Bertz CT molecular complexity index is 980. The highest BCUT2D eigenvalue weighted by molar-refractivity contribution is 5.99. The van der Waals surface area contributed by atoms with Crippen molar-refractivity contribution in [2.75, 3.05) is 33.8 Å². The van der Waals surface area contributed by atoms with E-state index in [1.165, 1.54) is 23.9 Å². The highest BCUT2D eigenvalue weighted by Gasteiger charge is 2.18. The molecule has 0 saturated carbocycles. The van der Waals surface area contributed by atoms with Crippen LogP contribution >= 0.6 is 0 Å². The lowest BCUT2D eigenvalue weighted by Gasteiger charge is -2.22. The van der Waals surface area contributed by atoms with Crippen LogP contribution in [0.15, 0.2) is 41.3 Å². The number of pyridine rings is 1. The third-order valence-corrected chi connectivity index (χ3v) is 5.60. The summed E-state index contributed by atoms with van der Waals surface area (Å²) in [7, 11) is 3.03. The minimum Gasteiger partial charge on any atom is -0.497 e. The molecule has 1 fully saturated rings. The Balaban J connectivity index is 1.80. The Labute approximate surface area is 182 Å². The van der Waals surface area contributed by atoms with Crippen molar-refractivity contribution in [1.82, 2.24) is 20.5 Å². The summed E-state index contributed by atoms with van der Waals surface area (Å²) < 4.78 is 6.63. The summed E-state index contributed by atoms with van der Waals surface area (Å²) >= 11 is 0. The molecule has 2 heterocycles. The van der Waals surface area contributed by atoms with Gasteiger partial charge in [0.1, 0.15) is 11.3 Å². The lowest BCUT2D eigenvalue weighted by Crippen LogP contribution is -2.34. The van der Waals surface area contributed by atoms with Crippen molar-refractivity contribution >= 4 is 11.8 Å². The normalized spacial score (nSPS) is 14.1. The molecular formula is C23H30N4O4. The quantitative estimate of drug-likeness (QED) is 0.592. The number of aromatic nitrogens is 1. The molecule has 0 aliphatic carbocycles. The van der Waals surface area contributed by atoms with Crippen LogP contribution in [-0.2, 0) is 6.54 Å². The first kappa shape index (κ1) is 22.6. The first-order chi connectivity index (χ1) is 15.0. The van der Waals surface area contributed by atoms with Gasteiger partial charge in [-0.25, -0.2) is 0 Å². The molecule has 166 valence electrons.